The molecule has 0 aliphatic rings. The Bertz CT molecular complexity index is 823. The molecule has 0 aliphatic carbocycles. The van der Waals surface area contributed by atoms with Gasteiger partial charge in [-0.25, -0.2) is 9.59 Å². The molecule has 0 radical (unpaired) electrons. The van der Waals surface area contributed by atoms with Gasteiger partial charge in [0.05, 0.1) is 12.2 Å². The Morgan fingerprint density at radius 1 is 1.33 bits per heavy atom. The molecule has 130 valence electrons. The normalized spacial score (nSPS) is 12.9. The highest BCUT2D eigenvalue weighted by molar-refractivity contribution is 5.85. The molecule has 1 aromatic carbocycles. The predicted octanol–water partition coefficient (Wildman–Crippen LogP) is 3.45. The number of esters is 1. The van der Waals surface area contributed by atoms with E-state index in [-0.39, 0.29) is 28.9 Å². The maximum atomic E-state index is 13.1. The van der Waals surface area contributed by atoms with Gasteiger partial charge in [0, 0.05) is 17.0 Å². The molecule has 8 heteroatoms. The lowest BCUT2D eigenvalue weighted by molar-refractivity contribution is -0.150. The third kappa shape index (κ3) is 3.52. The van der Waals surface area contributed by atoms with E-state index in [1.807, 2.05) is 0 Å². The first kappa shape index (κ1) is 17.8. The maximum absolute atomic E-state index is 13.1. The van der Waals surface area contributed by atoms with Crippen molar-refractivity contribution in [3.05, 3.63) is 39.7 Å². The number of rotatable bonds is 4. The standard InChI is InChI=1S/C16H15F3O5/c1-4-22-15(21)9(3)23-12-6-5-10-11(16(17,18)19)7-13(20)24-14(10)8(12)2/h5-7,9H,4H2,1-3H3/t9-/m1/s1. The highest BCUT2D eigenvalue weighted by atomic mass is 19.4. The SMILES string of the molecule is CCOC(=O)[C@@H](C)Oc1ccc2c(C(F)(F)F)cc(=O)oc2c1C. The second-order valence-electron chi connectivity index (χ2n) is 5.05. The highest BCUT2D eigenvalue weighted by Crippen LogP contribution is 2.36. The molecule has 1 aromatic heterocycles. The van der Waals surface area contributed by atoms with Crippen LogP contribution in [-0.2, 0) is 15.7 Å². The number of hydrogen-bond acceptors (Lipinski definition) is 5. The minimum absolute atomic E-state index is 0.130. The maximum Gasteiger partial charge on any atom is 0.417 e. The Kier molecular flexibility index (Phi) is 4.86. The van der Waals surface area contributed by atoms with Crippen molar-refractivity contribution >= 4 is 16.9 Å². The van der Waals surface area contributed by atoms with E-state index in [1.54, 1.807) is 6.92 Å². The van der Waals surface area contributed by atoms with Crippen LogP contribution in [0.15, 0.2) is 27.4 Å². The van der Waals surface area contributed by atoms with E-state index in [2.05, 4.69) is 0 Å². The van der Waals surface area contributed by atoms with Gasteiger partial charge >= 0.3 is 17.8 Å². The van der Waals surface area contributed by atoms with Crippen molar-refractivity contribution in [2.45, 2.75) is 33.1 Å². The third-order valence-corrected chi connectivity index (χ3v) is 3.34. The van der Waals surface area contributed by atoms with E-state index in [9.17, 15) is 22.8 Å². The topological polar surface area (TPSA) is 65.7 Å². The minimum Gasteiger partial charge on any atom is -0.479 e. The second kappa shape index (κ2) is 6.54. The van der Waals surface area contributed by atoms with Crippen LogP contribution in [0.5, 0.6) is 5.75 Å². The van der Waals surface area contributed by atoms with E-state index in [0.717, 1.165) is 6.07 Å². The molecule has 0 N–H and O–H groups in total. The van der Waals surface area contributed by atoms with E-state index < -0.39 is 29.4 Å². The molecule has 0 fully saturated rings. The van der Waals surface area contributed by atoms with E-state index in [1.165, 1.54) is 19.9 Å². The Morgan fingerprint density at radius 3 is 2.58 bits per heavy atom. The zero-order valence-corrected chi connectivity index (χ0v) is 13.2. The number of alkyl halides is 3. The van der Waals surface area contributed by atoms with Crippen LogP contribution in [0.3, 0.4) is 0 Å². The lowest BCUT2D eigenvalue weighted by Gasteiger charge is -2.16. The fraction of sp³-hybridized carbons (Fsp3) is 0.375. The number of ether oxygens (including phenoxy) is 2. The number of halogens is 3. The van der Waals surface area contributed by atoms with Crippen molar-refractivity contribution in [2.75, 3.05) is 6.61 Å². The van der Waals surface area contributed by atoms with Crippen molar-refractivity contribution in [3.8, 4) is 5.75 Å². The van der Waals surface area contributed by atoms with Crippen LogP contribution in [0, 0.1) is 6.92 Å². The van der Waals surface area contributed by atoms with E-state index >= 15 is 0 Å². The quantitative estimate of drug-likeness (QED) is 0.628. The molecule has 0 bridgehead atoms. The van der Waals surface area contributed by atoms with Crippen molar-refractivity contribution in [1.82, 2.24) is 0 Å². The van der Waals surface area contributed by atoms with Gasteiger partial charge in [-0.3, -0.25) is 0 Å². The molecule has 2 aromatic rings. The summed E-state index contributed by atoms with van der Waals surface area (Å²) in [5, 5.41) is -0.254. The molecular formula is C16H15F3O5. The zero-order chi connectivity index (χ0) is 18.1. The molecule has 24 heavy (non-hydrogen) atoms. The summed E-state index contributed by atoms with van der Waals surface area (Å²) < 4.78 is 54.3. The van der Waals surface area contributed by atoms with Gasteiger partial charge in [0.25, 0.3) is 0 Å². The molecule has 1 heterocycles. The van der Waals surface area contributed by atoms with E-state index in [0.29, 0.717) is 6.07 Å². The van der Waals surface area contributed by atoms with Crippen LogP contribution in [0.1, 0.15) is 25.0 Å². The van der Waals surface area contributed by atoms with Gasteiger partial charge in [-0.2, -0.15) is 13.2 Å². The number of benzene rings is 1. The number of fused-ring (bicyclic) bond motifs is 1. The Labute approximate surface area is 135 Å². The molecular weight excluding hydrogens is 329 g/mol. The molecule has 0 aliphatic heterocycles. The van der Waals surface area contributed by atoms with Crippen LogP contribution < -0.4 is 10.4 Å². The second-order valence-corrected chi connectivity index (χ2v) is 5.05. The van der Waals surface area contributed by atoms with Crippen LogP contribution in [0.2, 0.25) is 0 Å². The number of carbonyl (C=O) groups is 1. The zero-order valence-electron chi connectivity index (χ0n) is 13.2. The van der Waals surface area contributed by atoms with E-state index in [4.69, 9.17) is 13.9 Å². The van der Waals surface area contributed by atoms with Gasteiger partial charge in [-0.1, -0.05) is 0 Å². The smallest absolute Gasteiger partial charge is 0.417 e. The summed E-state index contributed by atoms with van der Waals surface area (Å²) in [5.74, 6) is -0.479. The summed E-state index contributed by atoms with van der Waals surface area (Å²) in [4.78, 5) is 23.0. The average molecular weight is 344 g/mol. The summed E-state index contributed by atoms with van der Waals surface area (Å²) >= 11 is 0. The molecule has 0 saturated carbocycles. The highest BCUT2D eigenvalue weighted by Gasteiger charge is 2.34. The first-order chi connectivity index (χ1) is 11.1. The minimum atomic E-state index is -4.69. The summed E-state index contributed by atoms with van der Waals surface area (Å²) in [6.45, 7) is 4.70. The summed E-state index contributed by atoms with van der Waals surface area (Å²) in [6, 6.07) is 2.84. The molecule has 5 nitrogen and oxygen atoms in total. The molecule has 0 saturated heterocycles. The molecule has 0 amide bonds. The first-order valence-corrected chi connectivity index (χ1v) is 7.13. The van der Waals surface area contributed by atoms with Crippen LogP contribution in [-0.4, -0.2) is 18.7 Å². The lowest BCUT2D eigenvalue weighted by atomic mass is 10.1. The lowest BCUT2D eigenvalue weighted by Crippen LogP contribution is -2.26. The monoisotopic (exact) mass is 344 g/mol. The van der Waals surface area contributed by atoms with Crippen molar-refractivity contribution < 1.29 is 31.9 Å². The van der Waals surface area contributed by atoms with Crippen molar-refractivity contribution in [1.29, 1.82) is 0 Å². The summed E-state index contributed by atoms with van der Waals surface area (Å²) in [6.07, 6.45) is -5.65. The van der Waals surface area contributed by atoms with Gasteiger partial charge in [-0.05, 0) is 32.9 Å². The average Bonchev–Trinajstić information content (AvgIpc) is 2.49. The summed E-state index contributed by atoms with van der Waals surface area (Å²) in [5.41, 5.74) is -2.24. The molecule has 0 unspecified atom stereocenters. The van der Waals surface area contributed by atoms with Gasteiger partial charge in [0.2, 0.25) is 0 Å². The molecule has 0 spiro atoms. The molecule has 2 rings (SSSR count). The Balaban J connectivity index is 2.52. The van der Waals surface area contributed by atoms with Crippen LogP contribution in [0.25, 0.3) is 11.0 Å². The fourth-order valence-corrected chi connectivity index (χ4v) is 2.20. The summed E-state index contributed by atoms with van der Waals surface area (Å²) in [7, 11) is 0. The number of aryl methyl sites for hydroxylation is 1. The van der Waals surface area contributed by atoms with Crippen LogP contribution >= 0.6 is 0 Å². The number of carbonyl (C=O) groups excluding carboxylic acids is 1. The van der Waals surface area contributed by atoms with Gasteiger partial charge in [0.1, 0.15) is 11.3 Å². The Morgan fingerprint density at radius 2 is 2.00 bits per heavy atom. The Hall–Kier alpha value is -2.51. The predicted molar refractivity (Wildman–Crippen MR) is 78.9 cm³/mol. The fourth-order valence-electron chi connectivity index (χ4n) is 2.20. The van der Waals surface area contributed by atoms with Crippen molar-refractivity contribution in [2.24, 2.45) is 0 Å². The number of hydrogen-bond donors (Lipinski definition) is 0. The van der Waals surface area contributed by atoms with Crippen molar-refractivity contribution in [3.63, 3.8) is 0 Å². The van der Waals surface area contributed by atoms with Gasteiger partial charge in [-0.15, -0.1) is 0 Å². The largest absolute Gasteiger partial charge is 0.479 e. The molecule has 1 atom stereocenters. The third-order valence-electron chi connectivity index (χ3n) is 3.34. The van der Waals surface area contributed by atoms with Gasteiger partial charge < -0.3 is 13.9 Å². The van der Waals surface area contributed by atoms with Crippen LogP contribution in [0.4, 0.5) is 13.2 Å². The first-order valence-electron chi connectivity index (χ1n) is 7.13. The van der Waals surface area contributed by atoms with Gasteiger partial charge in [0.15, 0.2) is 6.10 Å².